The van der Waals surface area contributed by atoms with Crippen LogP contribution in [0.15, 0.2) is 53.4 Å². The second-order valence-corrected chi connectivity index (χ2v) is 8.11. The molecule has 0 heterocycles. The highest BCUT2D eigenvalue weighted by Crippen LogP contribution is 2.26. The zero-order chi connectivity index (χ0) is 20.7. The largest absolute Gasteiger partial charge is 0.347 e. The van der Waals surface area contributed by atoms with Crippen molar-refractivity contribution in [3.05, 3.63) is 59.7 Å². The Morgan fingerprint density at radius 1 is 1.04 bits per heavy atom. The summed E-state index contributed by atoms with van der Waals surface area (Å²) < 4.78 is 22.5. The van der Waals surface area contributed by atoms with Crippen molar-refractivity contribution in [2.75, 3.05) is 11.9 Å². The van der Waals surface area contributed by atoms with Crippen molar-refractivity contribution < 1.29 is 18.0 Å². The summed E-state index contributed by atoms with van der Waals surface area (Å²) in [5.41, 5.74) is 2.44. The number of hydrogen-bond donors (Lipinski definition) is 3. The Morgan fingerprint density at radius 2 is 1.68 bits per heavy atom. The van der Waals surface area contributed by atoms with Crippen molar-refractivity contribution in [1.82, 2.24) is 5.32 Å². The normalized spacial score (nSPS) is 12.2. The van der Waals surface area contributed by atoms with Gasteiger partial charge < -0.3 is 10.6 Å². The van der Waals surface area contributed by atoms with Gasteiger partial charge in [-0.1, -0.05) is 44.2 Å². The van der Waals surface area contributed by atoms with E-state index in [9.17, 15) is 18.0 Å². The van der Waals surface area contributed by atoms with E-state index in [1.165, 1.54) is 12.1 Å². The van der Waals surface area contributed by atoms with Crippen molar-refractivity contribution in [2.45, 2.75) is 37.5 Å². The fraction of sp³-hybridized carbons (Fsp3) is 0.300. The lowest BCUT2D eigenvalue weighted by Crippen LogP contribution is -2.36. The van der Waals surface area contributed by atoms with E-state index in [-0.39, 0.29) is 17.4 Å². The maximum Gasteiger partial charge on any atom is 0.313 e. The molecule has 2 amide bonds. The first-order valence-electron chi connectivity index (χ1n) is 9.02. The lowest BCUT2D eigenvalue weighted by molar-refractivity contribution is -0.136. The number of amides is 2. The number of primary sulfonamides is 1. The Bertz CT molecular complexity index is 940. The molecule has 0 saturated carbocycles. The van der Waals surface area contributed by atoms with Gasteiger partial charge in [-0.05, 0) is 48.1 Å². The number of nitrogens with one attached hydrogen (secondary N) is 2. The van der Waals surface area contributed by atoms with Crippen molar-refractivity contribution in [1.29, 1.82) is 0 Å². The Hall–Kier alpha value is -2.71. The second-order valence-electron chi connectivity index (χ2n) is 6.55. The maximum atomic E-state index is 12.2. The summed E-state index contributed by atoms with van der Waals surface area (Å²) >= 11 is 0. The molecule has 0 aliphatic carbocycles. The minimum absolute atomic E-state index is 0.0274. The summed E-state index contributed by atoms with van der Waals surface area (Å²) in [6.45, 7) is 4.37. The van der Waals surface area contributed by atoms with Gasteiger partial charge in [0.2, 0.25) is 10.0 Å². The van der Waals surface area contributed by atoms with Gasteiger partial charge in [0.15, 0.2) is 0 Å². The fourth-order valence-corrected chi connectivity index (χ4v) is 3.20. The van der Waals surface area contributed by atoms with Crippen LogP contribution in [0.3, 0.4) is 0 Å². The third-order valence-corrected chi connectivity index (χ3v) is 5.44. The number of nitrogens with two attached hydrogens (primary N) is 1. The Morgan fingerprint density at radius 3 is 2.29 bits per heavy atom. The van der Waals surface area contributed by atoms with Gasteiger partial charge in [0, 0.05) is 12.2 Å². The summed E-state index contributed by atoms with van der Waals surface area (Å²) in [5.74, 6) is -1.18. The number of hydrogen-bond acceptors (Lipinski definition) is 4. The number of para-hydroxylation sites is 1. The number of carbonyl (C=O) groups excluding carboxylic acids is 2. The molecule has 1 atom stereocenters. The molecular weight excluding hydrogens is 378 g/mol. The quantitative estimate of drug-likeness (QED) is 0.614. The standard InChI is InChI=1S/C20H25N3O4S/c1-3-14(2)17-6-4-5-7-18(17)23-20(25)19(24)22-13-12-15-8-10-16(11-9-15)28(21,26)27/h4-11,14H,3,12-13H2,1-2H3,(H,22,24)(H,23,25)(H2,21,26,27). The highest BCUT2D eigenvalue weighted by molar-refractivity contribution is 7.89. The van der Waals surface area contributed by atoms with Crippen LogP contribution >= 0.6 is 0 Å². The predicted octanol–water partition coefficient (Wildman–Crippen LogP) is 2.14. The topological polar surface area (TPSA) is 118 Å². The average molecular weight is 404 g/mol. The first-order chi connectivity index (χ1) is 13.2. The van der Waals surface area contributed by atoms with Gasteiger partial charge in [-0.2, -0.15) is 0 Å². The van der Waals surface area contributed by atoms with Crippen molar-refractivity contribution >= 4 is 27.5 Å². The summed E-state index contributed by atoms with van der Waals surface area (Å²) in [7, 11) is -3.73. The molecule has 150 valence electrons. The Kier molecular flexibility index (Phi) is 7.31. The van der Waals surface area contributed by atoms with Gasteiger partial charge in [0.05, 0.1) is 4.90 Å². The van der Waals surface area contributed by atoms with Crippen LogP contribution in [-0.2, 0) is 26.0 Å². The molecule has 2 aromatic carbocycles. The lowest BCUT2D eigenvalue weighted by atomic mass is 9.97. The molecule has 0 aromatic heterocycles. The number of sulfonamides is 1. The van der Waals surface area contributed by atoms with Crippen LogP contribution in [0.4, 0.5) is 5.69 Å². The second kappa shape index (κ2) is 9.48. The number of carbonyl (C=O) groups is 2. The van der Waals surface area contributed by atoms with Crippen molar-refractivity contribution in [3.8, 4) is 0 Å². The third-order valence-electron chi connectivity index (χ3n) is 4.51. The summed E-state index contributed by atoms with van der Waals surface area (Å²) in [6.07, 6.45) is 1.37. The molecular formula is C20H25N3O4S. The van der Waals surface area contributed by atoms with E-state index in [1.807, 2.05) is 18.2 Å². The fourth-order valence-electron chi connectivity index (χ4n) is 2.69. The zero-order valence-corrected chi connectivity index (χ0v) is 16.8. The van der Waals surface area contributed by atoms with E-state index in [0.717, 1.165) is 17.5 Å². The smallest absolute Gasteiger partial charge is 0.313 e. The maximum absolute atomic E-state index is 12.2. The molecule has 0 bridgehead atoms. The number of benzene rings is 2. The predicted molar refractivity (Wildman–Crippen MR) is 108 cm³/mol. The molecule has 0 aliphatic rings. The van der Waals surface area contributed by atoms with E-state index < -0.39 is 21.8 Å². The molecule has 28 heavy (non-hydrogen) atoms. The van der Waals surface area contributed by atoms with Gasteiger partial charge in [-0.25, -0.2) is 13.6 Å². The summed E-state index contributed by atoms with van der Waals surface area (Å²) in [4.78, 5) is 24.3. The Labute approximate surface area is 165 Å². The Balaban J connectivity index is 1.89. The summed E-state index contributed by atoms with van der Waals surface area (Å²) in [5, 5.41) is 10.3. The number of anilines is 1. The molecule has 4 N–H and O–H groups in total. The molecule has 1 unspecified atom stereocenters. The van der Waals surface area contributed by atoms with Gasteiger partial charge in [0.1, 0.15) is 0 Å². The van der Waals surface area contributed by atoms with Crippen LogP contribution in [0, 0.1) is 0 Å². The number of rotatable bonds is 7. The molecule has 2 aromatic rings. The van der Waals surface area contributed by atoms with Crippen LogP contribution in [-0.4, -0.2) is 26.8 Å². The van der Waals surface area contributed by atoms with Crippen molar-refractivity contribution in [2.24, 2.45) is 5.14 Å². The van der Waals surface area contributed by atoms with Gasteiger partial charge in [0.25, 0.3) is 0 Å². The highest BCUT2D eigenvalue weighted by atomic mass is 32.2. The monoisotopic (exact) mass is 403 g/mol. The molecule has 0 fully saturated rings. The van der Waals surface area contributed by atoms with Gasteiger partial charge in [-0.15, -0.1) is 0 Å². The summed E-state index contributed by atoms with van der Waals surface area (Å²) in [6, 6.07) is 13.5. The van der Waals surface area contributed by atoms with E-state index in [4.69, 9.17) is 5.14 Å². The molecule has 0 radical (unpaired) electrons. The van der Waals surface area contributed by atoms with E-state index in [1.54, 1.807) is 18.2 Å². The van der Waals surface area contributed by atoms with Crippen LogP contribution in [0.2, 0.25) is 0 Å². The van der Waals surface area contributed by atoms with Gasteiger partial charge in [-0.3, -0.25) is 9.59 Å². The molecule has 8 heteroatoms. The third kappa shape index (κ3) is 5.90. The van der Waals surface area contributed by atoms with E-state index in [2.05, 4.69) is 24.5 Å². The molecule has 7 nitrogen and oxygen atoms in total. The minimum Gasteiger partial charge on any atom is -0.347 e. The average Bonchev–Trinajstić information content (AvgIpc) is 2.67. The zero-order valence-electron chi connectivity index (χ0n) is 15.9. The first-order valence-corrected chi connectivity index (χ1v) is 10.6. The van der Waals surface area contributed by atoms with E-state index in [0.29, 0.717) is 12.1 Å². The van der Waals surface area contributed by atoms with Crippen LogP contribution in [0.25, 0.3) is 0 Å². The minimum atomic E-state index is -3.73. The van der Waals surface area contributed by atoms with E-state index >= 15 is 0 Å². The molecule has 2 rings (SSSR count). The lowest BCUT2D eigenvalue weighted by Gasteiger charge is -2.15. The molecule has 0 aliphatic heterocycles. The van der Waals surface area contributed by atoms with Gasteiger partial charge >= 0.3 is 11.8 Å². The van der Waals surface area contributed by atoms with Crippen LogP contribution in [0.1, 0.15) is 37.3 Å². The highest BCUT2D eigenvalue weighted by Gasteiger charge is 2.16. The molecule has 0 saturated heterocycles. The van der Waals surface area contributed by atoms with Crippen molar-refractivity contribution in [3.63, 3.8) is 0 Å². The SMILES string of the molecule is CCC(C)c1ccccc1NC(=O)C(=O)NCCc1ccc(S(N)(=O)=O)cc1. The first kappa shape index (κ1) is 21.6. The van der Waals surface area contributed by atoms with Crippen LogP contribution < -0.4 is 15.8 Å². The molecule has 0 spiro atoms. The van der Waals surface area contributed by atoms with Crippen LogP contribution in [0.5, 0.6) is 0 Å².